The van der Waals surface area contributed by atoms with E-state index in [0.29, 0.717) is 0 Å². The van der Waals surface area contributed by atoms with Crippen molar-refractivity contribution in [2.75, 3.05) is 0 Å². The summed E-state index contributed by atoms with van der Waals surface area (Å²) in [5.74, 6) is 0. The lowest BCUT2D eigenvalue weighted by atomic mass is 10.1. The van der Waals surface area contributed by atoms with E-state index in [1.165, 1.54) is 11.1 Å². The second-order valence-electron chi connectivity index (χ2n) is 3.86. The van der Waals surface area contributed by atoms with E-state index in [2.05, 4.69) is 35.9 Å². The minimum atomic E-state index is 1.04. The normalized spacial score (nSPS) is 10.9. The van der Waals surface area contributed by atoms with Crippen LogP contribution in [-0.4, -0.2) is 9.97 Å². The molecule has 0 aliphatic heterocycles. The summed E-state index contributed by atoms with van der Waals surface area (Å²) in [4.78, 5) is 9.03. The first-order valence-electron chi connectivity index (χ1n) is 4.80. The van der Waals surface area contributed by atoms with Gasteiger partial charge in [-0.2, -0.15) is 0 Å². The van der Waals surface area contributed by atoms with E-state index in [1.54, 1.807) is 0 Å². The molecule has 14 heavy (non-hydrogen) atoms. The number of hydrogen-bond donors (Lipinski definition) is 0. The summed E-state index contributed by atoms with van der Waals surface area (Å²) in [6.45, 7) is 8.21. The maximum absolute atomic E-state index is 4.51. The third kappa shape index (κ3) is 1.37. The molecule has 0 N–H and O–H groups in total. The quantitative estimate of drug-likeness (QED) is 0.632. The van der Waals surface area contributed by atoms with Gasteiger partial charge in [0.15, 0.2) is 0 Å². The van der Waals surface area contributed by atoms with Crippen molar-refractivity contribution in [3.05, 3.63) is 34.6 Å². The van der Waals surface area contributed by atoms with Crippen molar-refractivity contribution in [3.63, 3.8) is 0 Å². The highest BCUT2D eigenvalue weighted by atomic mass is 14.8. The number of pyridine rings is 2. The summed E-state index contributed by atoms with van der Waals surface area (Å²) >= 11 is 0. The van der Waals surface area contributed by atoms with E-state index in [4.69, 9.17) is 0 Å². The lowest BCUT2D eigenvalue weighted by Crippen LogP contribution is -1.94. The topological polar surface area (TPSA) is 25.8 Å². The van der Waals surface area contributed by atoms with E-state index in [-0.39, 0.29) is 0 Å². The molecule has 0 amide bonds. The van der Waals surface area contributed by atoms with Crippen LogP contribution in [0.15, 0.2) is 12.1 Å². The lowest BCUT2D eigenvalue weighted by Gasteiger charge is -2.06. The zero-order valence-corrected chi connectivity index (χ0v) is 9.05. The Hall–Kier alpha value is -1.44. The Morgan fingerprint density at radius 3 is 1.43 bits per heavy atom. The fourth-order valence-corrected chi connectivity index (χ4v) is 1.84. The molecule has 0 aliphatic carbocycles. The molecule has 2 aromatic rings. The van der Waals surface area contributed by atoms with Gasteiger partial charge in [0.25, 0.3) is 0 Å². The van der Waals surface area contributed by atoms with E-state index < -0.39 is 0 Å². The molecule has 0 saturated heterocycles. The van der Waals surface area contributed by atoms with E-state index in [9.17, 15) is 0 Å². The van der Waals surface area contributed by atoms with Crippen molar-refractivity contribution in [2.24, 2.45) is 0 Å². The molecular formula is C12H14N2. The zero-order valence-electron chi connectivity index (χ0n) is 9.05. The number of rotatable bonds is 0. The molecule has 2 heterocycles. The summed E-state index contributed by atoms with van der Waals surface area (Å²) in [5, 5.41) is 0. The molecule has 2 nitrogen and oxygen atoms in total. The molecule has 0 aromatic carbocycles. The minimum Gasteiger partial charge on any atom is -0.251 e. The Bertz CT molecular complexity index is 454. The summed E-state index contributed by atoms with van der Waals surface area (Å²) in [5.41, 5.74) is 6.60. The number of fused-ring (bicyclic) bond motifs is 1. The average molecular weight is 186 g/mol. The smallest absolute Gasteiger partial charge is 0.0921 e. The molecule has 0 spiro atoms. The van der Waals surface area contributed by atoms with E-state index in [1.807, 2.05) is 13.8 Å². The summed E-state index contributed by atoms with van der Waals surface area (Å²) in [6, 6.07) is 4.16. The van der Waals surface area contributed by atoms with Crippen LogP contribution in [-0.2, 0) is 0 Å². The summed E-state index contributed by atoms with van der Waals surface area (Å²) in [6.07, 6.45) is 0. The van der Waals surface area contributed by atoms with Gasteiger partial charge in [0.05, 0.1) is 11.0 Å². The lowest BCUT2D eigenvalue weighted by molar-refractivity contribution is 1.16. The molecule has 0 aliphatic rings. The second-order valence-corrected chi connectivity index (χ2v) is 3.86. The second kappa shape index (κ2) is 3.05. The molecular weight excluding hydrogens is 172 g/mol. The van der Waals surface area contributed by atoms with Crippen LogP contribution in [0.1, 0.15) is 22.5 Å². The zero-order chi connectivity index (χ0) is 10.3. The van der Waals surface area contributed by atoms with Gasteiger partial charge in [-0.05, 0) is 51.0 Å². The standard InChI is InChI=1S/C12H14N2/c1-7-5-9(3)14-12-8(2)6-10(4)13-11(7)12/h5-6H,1-4H3. The van der Waals surface area contributed by atoms with E-state index >= 15 is 0 Å². The van der Waals surface area contributed by atoms with Crippen LogP contribution in [0, 0.1) is 27.7 Å². The first kappa shape index (κ1) is 9.13. The number of aryl methyl sites for hydroxylation is 4. The fraction of sp³-hybridized carbons (Fsp3) is 0.333. The highest BCUT2D eigenvalue weighted by Crippen LogP contribution is 2.19. The van der Waals surface area contributed by atoms with Crippen molar-refractivity contribution in [3.8, 4) is 0 Å². The minimum absolute atomic E-state index is 1.04. The van der Waals surface area contributed by atoms with Gasteiger partial charge in [-0.15, -0.1) is 0 Å². The van der Waals surface area contributed by atoms with Crippen molar-refractivity contribution in [1.29, 1.82) is 0 Å². The van der Waals surface area contributed by atoms with Crippen LogP contribution < -0.4 is 0 Å². The molecule has 0 radical (unpaired) electrons. The van der Waals surface area contributed by atoms with Crippen LogP contribution >= 0.6 is 0 Å². The van der Waals surface area contributed by atoms with Crippen molar-refractivity contribution < 1.29 is 0 Å². The molecule has 72 valence electrons. The molecule has 0 fully saturated rings. The van der Waals surface area contributed by atoms with E-state index in [0.717, 1.165) is 22.4 Å². The van der Waals surface area contributed by atoms with Crippen molar-refractivity contribution >= 4 is 11.0 Å². The van der Waals surface area contributed by atoms with Gasteiger partial charge in [-0.3, -0.25) is 9.97 Å². The van der Waals surface area contributed by atoms with Gasteiger partial charge in [0, 0.05) is 11.4 Å². The Balaban J connectivity index is 2.94. The number of hydrogen-bond acceptors (Lipinski definition) is 2. The highest BCUT2D eigenvalue weighted by molar-refractivity contribution is 5.81. The van der Waals surface area contributed by atoms with Crippen LogP contribution in [0.3, 0.4) is 0 Å². The average Bonchev–Trinajstić information content (AvgIpc) is 2.07. The Labute approximate surface area is 84.0 Å². The van der Waals surface area contributed by atoms with Gasteiger partial charge < -0.3 is 0 Å². The Morgan fingerprint density at radius 1 is 0.714 bits per heavy atom. The van der Waals surface area contributed by atoms with Crippen LogP contribution in [0.5, 0.6) is 0 Å². The molecule has 2 heteroatoms. The number of aromatic nitrogens is 2. The van der Waals surface area contributed by atoms with Gasteiger partial charge >= 0.3 is 0 Å². The first-order chi connectivity index (χ1) is 6.58. The van der Waals surface area contributed by atoms with Gasteiger partial charge in [0.1, 0.15) is 0 Å². The third-order valence-electron chi connectivity index (χ3n) is 2.40. The monoisotopic (exact) mass is 186 g/mol. The number of nitrogens with zero attached hydrogens (tertiary/aromatic N) is 2. The van der Waals surface area contributed by atoms with Gasteiger partial charge in [-0.1, -0.05) is 0 Å². The van der Waals surface area contributed by atoms with Crippen molar-refractivity contribution in [2.45, 2.75) is 27.7 Å². The highest BCUT2D eigenvalue weighted by Gasteiger charge is 2.05. The molecule has 2 aromatic heterocycles. The molecule has 2 rings (SSSR count). The largest absolute Gasteiger partial charge is 0.251 e. The maximum atomic E-state index is 4.51. The first-order valence-corrected chi connectivity index (χ1v) is 4.80. The third-order valence-corrected chi connectivity index (χ3v) is 2.40. The molecule has 0 bridgehead atoms. The summed E-state index contributed by atoms with van der Waals surface area (Å²) in [7, 11) is 0. The van der Waals surface area contributed by atoms with Crippen molar-refractivity contribution in [1.82, 2.24) is 9.97 Å². The Kier molecular flexibility index (Phi) is 1.99. The van der Waals surface area contributed by atoms with Crippen LogP contribution in [0.25, 0.3) is 11.0 Å². The predicted octanol–water partition coefficient (Wildman–Crippen LogP) is 2.86. The predicted molar refractivity (Wildman–Crippen MR) is 58.5 cm³/mol. The molecule has 0 atom stereocenters. The summed E-state index contributed by atoms with van der Waals surface area (Å²) < 4.78 is 0. The van der Waals surface area contributed by atoms with Crippen LogP contribution in [0.4, 0.5) is 0 Å². The Morgan fingerprint density at radius 2 is 1.07 bits per heavy atom. The maximum Gasteiger partial charge on any atom is 0.0921 e. The SMILES string of the molecule is Cc1cc(C)c2nc(C)cc(C)c2n1. The van der Waals surface area contributed by atoms with Crippen LogP contribution in [0.2, 0.25) is 0 Å². The molecule has 0 saturated carbocycles. The van der Waals surface area contributed by atoms with Gasteiger partial charge in [0.2, 0.25) is 0 Å². The van der Waals surface area contributed by atoms with Gasteiger partial charge in [-0.25, -0.2) is 0 Å². The molecule has 0 unspecified atom stereocenters. The fourth-order valence-electron chi connectivity index (χ4n) is 1.84.